The fraction of sp³-hybridized carbons (Fsp3) is 0.350. The number of fused-ring (bicyclic) bond motifs is 1. The summed E-state index contributed by atoms with van der Waals surface area (Å²) in [7, 11) is 1.86. The average Bonchev–Trinajstić information content (AvgIpc) is 2.88. The molecule has 4 nitrogen and oxygen atoms in total. The Labute approximate surface area is 142 Å². The molecule has 124 valence electrons. The summed E-state index contributed by atoms with van der Waals surface area (Å²) in [6, 6.07) is 8.48. The van der Waals surface area contributed by atoms with Crippen LogP contribution in [-0.2, 0) is 9.53 Å². The van der Waals surface area contributed by atoms with Crippen molar-refractivity contribution in [2.24, 2.45) is 5.92 Å². The van der Waals surface area contributed by atoms with E-state index < -0.39 is 0 Å². The highest BCUT2D eigenvalue weighted by Crippen LogP contribution is 2.38. The zero-order chi connectivity index (χ0) is 16.5. The maximum Gasteiger partial charge on any atom is 0.254 e. The van der Waals surface area contributed by atoms with E-state index in [1.165, 1.54) is 5.69 Å². The van der Waals surface area contributed by atoms with Gasteiger partial charge in [-0.1, -0.05) is 24.3 Å². The number of carbonyl (C=O) groups excluding carboxylic acids is 1. The van der Waals surface area contributed by atoms with Crippen LogP contribution in [0.3, 0.4) is 0 Å². The second-order valence-electron chi connectivity index (χ2n) is 6.46. The van der Waals surface area contributed by atoms with Gasteiger partial charge in [0.25, 0.3) is 5.91 Å². The Bertz CT molecular complexity index is 725. The molecule has 4 heteroatoms. The zero-order valence-electron chi connectivity index (χ0n) is 13.9. The number of likely N-dealkylation sites (tertiary alicyclic amines) is 1. The van der Waals surface area contributed by atoms with Crippen molar-refractivity contribution < 1.29 is 9.53 Å². The molecule has 0 spiro atoms. The summed E-state index contributed by atoms with van der Waals surface area (Å²) in [5, 5.41) is 0. The first-order chi connectivity index (χ1) is 11.7. The molecule has 24 heavy (non-hydrogen) atoms. The molecule has 0 aromatic heterocycles. The van der Waals surface area contributed by atoms with Gasteiger partial charge in [-0.2, -0.15) is 0 Å². The molecule has 1 unspecified atom stereocenters. The maximum absolute atomic E-state index is 12.6. The SMILES string of the molecule is CN1C(=O)C(=Cc2ccc(N3CCOCC3)cc2)C2CC=CC=C21. The Balaban J connectivity index is 1.58. The van der Waals surface area contributed by atoms with Crippen molar-refractivity contribution in [2.75, 3.05) is 38.3 Å². The molecular weight excluding hydrogens is 300 g/mol. The molecule has 0 N–H and O–H groups in total. The summed E-state index contributed by atoms with van der Waals surface area (Å²) in [5.74, 6) is 0.318. The van der Waals surface area contributed by atoms with Gasteiger partial charge in [0.2, 0.25) is 0 Å². The highest BCUT2D eigenvalue weighted by atomic mass is 16.5. The number of ether oxygens (including phenoxy) is 1. The minimum Gasteiger partial charge on any atom is -0.378 e. The topological polar surface area (TPSA) is 32.8 Å². The Morgan fingerprint density at radius 3 is 2.67 bits per heavy atom. The van der Waals surface area contributed by atoms with Crippen LogP contribution in [0.5, 0.6) is 0 Å². The van der Waals surface area contributed by atoms with E-state index >= 15 is 0 Å². The third kappa shape index (κ3) is 2.67. The number of hydrogen-bond donors (Lipinski definition) is 0. The van der Waals surface area contributed by atoms with Crippen LogP contribution in [0.25, 0.3) is 6.08 Å². The highest BCUT2D eigenvalue weighted by Gasteiger charge is 2.37. The maximum atomic E-state index is 12.6. The average molecular weight is 322 g/mol. The molecule has 1 atom stereocenters. The quantitative estimate of drug-likeness (QED) is 0.785. The third-order valence-electron chi connectivity index (χ3n) is 5.04. The lowest BCUT2D eigenvalue weighted by molar-refractivity contribution is -0.122. The molecule has 1 aromatic carbocycles. The Morgan fingerprint density at radius 1 is 1.17 bits per heavy atom. The number of anilines is 1. The van der Waals surface area contributed by atoms with Crippen LogP contribution in [0.2, 0.25) is 0 Å². The minimum atomic E-state index is 0.118. The number of amides is 1. The number of carbonyl (C=O) groups is 1. The Kier molecular flexibility index (Phi) is 3.98. The lowest BCUT2D eigenvalue weighted by Crippen LogP contribution is -2.36. The van der Waals surface area contributed by atoms with Gasteiger partial charge in [-0.15, -0.1) is 0 Å². The number of hydrogen-bond acceptors (Lipinski definition) is 3. The van der Waals surface area contributed by atoms with Gasteiger partial charge in [0, 0.05) is 43.0 Å². The van der Waals surface area contributed by atoms with Gasteiger partial charge in [0.1, 0.15) is 0 Å². The van der Waals surface area contributed by atoms with Crippen molar-refractivity contribution >= 4 is 17.7 Å². The van der Waals surface area contributed by atoms with Crippen LogP contribution in [-0.4, -0.2) is 44.2 Å². The summed E-state index contributed by atoms with van der Waals surface area (Å²) < 4.78 is 5.40. The van der Waals surface area contributed by atoms with Crippen LogP contribution in [0.15, 0.2) is 53.8 Å². The van der Waals surface area contributed by atoms with Crippen molar-refractivity contribution in [3.8, 4) is 0 Å². The number of benzene rings is 1. The lowest BCUT2D eigenvalue weighted by Gasteiger charge is -2.28. The number of allylic oxidation sites excluding steroid dienone is 4. The van der Waals surface area contributed by atoms with E-state index in [9.17, 15) is 4.79 Å². The fourth-order valence-electron chi connectivity index (χ4n) is 3.65. The number of likely N-dealkylation sites (N-methyl/N-ethyl adjacent to an activating group) is 1. The molecule has 0 saturated carbocycles. The van der Waals surface area contributed by atoms with Gasteiger partial charge in [0.05, 0.1) is 13.2 Å². The molecular formula is C20H22N2O2. The van der Waals surface area contributed by atoms with Crippen molar-refractivity contribution in [1.29, 1.82) is 0 Å². The number of rotatable bonds is 2. The molecule has 2 heterocycles. The third-order valence-corrected chi connectivity index (χ3v) is 5.04. The molecule has 1 aliphatic carbocycles. The summed E-state index contributed by atoms with van der Waals surface area (Å²) in [4.78, 5) is 16.7. The van der Waals surface area contributed by atoms with Gasteiger partial charge >= 0.3 is 0 Å². The van der Waals surface area contributed by atoms with Gasteiger partial charge < -0.3 is 14.5 Å². The normalized spacial score (nSPS) is 25.2. The van der Waals surface area contributed by atoms with Crippen LogP contribution < -0.4 is 4.90 Å². The van der Waals surface area contributed by atoms with E-state index in [0.29, 0.717) is 0 Å². The van der Waals surface area contributed by atoms with E-state index in [-0.39, 0.29) is 11.8 Å². The van der Waals surface area contributed by atoms with E-state index in [2.05, 4.69) is 41.3 Å². The first-order valence-electron chi connectivity index (χ1n) is 8.53. The smallest absolute Gasteiger partial charge is 0.254 e. The van der Waals surface area contributed by atoms with E-state index in [1.54, 1.807) is 4.90 Å². The molecule has 1 aromatic rings. The first kappa shape index (κ1) is 15.2. The zero-order valence-corrected chi connectivity index (χ0v) is 13.9. The van der Waals surface area contributed by atoms with E-state index in [4.69, 9.17) is 4.74 Å². The summed E-state index contributed by atoms with van der Waals surface area (Å²) in [6.07, 6.45) is 9.17. The largest absolute Gasteiger partial charge is 0.378 e. The number of morpholine rings is 1. The highest BCUT2D eigenvalue weighted by molar-refractivity contribution is 6.03. The van der Waals surface area contributed by atoms with Gasteiger partial charge in [-0.25, -0.2) is 0 Å². The van der Waals surface area contributed by atoms with Crippen LogP contribution >= 0.6 is 0 Å². The predicted molar refractivity (Wildman–Crippen MR) is 95.6 cm³/mol. The van der Waals surface area contributed by atoms with Crippen LogP contribution in [0.1, 0.15) is 12.0 Å². The molecule has 1 amide bonds. The minimum absolute atomic E-state index is 0.118. The second kappa shape index (κ2) is 6.29. The molecule has 2 saturated heterocycles. The van der Waals surface area contributed by atoms with Crippen molar-refractivity contribution in [3.63, 3.8) is 0 Å². The van der Waals surface area contributed by atoms with Crippen molar-refractivity contribution in [3.05, 3.63) is 59.3 Å². The van der Waals surface area contributed by atoms with Crippen LogP contribution in [0, 0.1) is 5.92 Å². The Morgan fingerprint density at radius 2 is 1.92 bits per heavy atom. The molecule has 3 aliphatic rings. The van der Waals surface area contributed by atoms with Gasteiger partial charge in [-0.05, 0) is 36.3 Å². The summed E-state index contributed by atoms with van der Waals surface area (Å²) in [6.45, 7) is 3.45. The van der Waals surface area contributed by atoms with Crippen LogP contribution in [0.4, 0.5) is 5.69 Å². The molecule has 2 fully saturated rings. The van der Waals surface area contributed by atoms with Crippen molar-refractivity contribution in [2.45, 2.75) is 6.42 Å². The van der Waals surface area contributed by atoms with E-state index in [1.807, 2.05) is 19.2 Å². The lowest BCUT2D eigenvalue weighted by atomic mass is 9.91. The first-order valence-corrected chi connectivity index (χ1v) is 8.53. The number of nitrogens with zero attached hydrogens (tertiary/aromatic N) is 2. The Hall–Kier alpha value is -2.33. The van der Waals surface area contributed by atoms with Gasteiger partial charge in [-0.3, -0.25) is 4.79 Å². The predicted octanol–water partition coefficient (Wildman–Crippen LogP) is 2.84. The summed E-state index contributed by atoms with van der Waals surface area (Å²) >= 11 is 0. The van der Waals surface area contributed by atoms with Crippen molar-refractivity contribution in [1.82, 2.24) is 4.90 Å². The molecule has 2 aliphatic heterocycles. The standard InChI is InChI=1S/C20H22N2O2/c1-21-19-5-3-2-4-17(19)18(20(21)23)14-15-6-8-16(9-7-15)22-10-12-24-13-11-22/h2-3,5-9,14,17H,4,10-13H2,1H3. The summed E-state index contributed by atoms with van der Waals surface area (Å²) in [5.41, 5.74) is 4.31. The van der Waals surface area contributed by atoms with E-state index in [0.717, 1.165) is 49.6 Å². The second-order valence-corrected chi connectivity index (χ2v) is 6.46. The van der Waals surface area contributed by atoms with Gasteiger partial charge in [0.15, 0.2) is 0 Å². The fourth-order valence-corrected chi connectivity index (χ4v) is 3.65. The molecule has 4 rings (SSSR count). The monoisotopic (exact) mass is 322 g/mol. The molecule has 0 radical (unpaired) electrons. The molecule has 0 bridgehead atoms.